The Hall–Kier alpha value is -5.23. The Morgan fingerprint density at radius 3 is 2.21 bits per heavy atom. The summed E-state index contributed by atoms with van der Waals surface area (Å²) >= 11 is 6.53. The topological polar surface area (TPSA) is 264 Å². The zero-order valence-corrected chi connectivity index (χ0v) is 29.2. The normalized spacial score (nSPS) is 12.1. The lowest BCUT2D eigenvalue weighted by molar-refractivity contribution is -0.432. The number of nitrogens with one attached hydrogen (secondary N) is 2. The van der Waals surface area contributed by atoms with Crippen molar-refractivity contribution in [1.82, 2.24) is 15.0 Å². The zero-order valence-electron chi connectivity index (χ0n) is 26.0. The standard InChI is InChI=1S/C30H22ClN7O11S3/c1-47-17-9-10-21(24(13-17)52(44,45)46)37-38-26-23(50-49-48-40)12-16-11-18(51(41,42)43)14-22(25(16)27(26)39)33-30-35-28(31)34-29(36-30)32-20-8-4-6-15-5-2-3-7-19(15)20/h2-14,39-40H,1H3,(H,41,42,43)(H,44,45,46)(H2,32,33,34,35,36). The Bertz CT molecular complexity index is 2610. The maximum absolute atomic E-state index is 12.3. The summed E-state index contributed by atoms with van der Waals surface area (Å²) in [5.41, 5.74) is -0.354. The van der Waals surface area contributed by atoms with Crippen molar-refractivity contribution in [2.24, 2.45) is 10.2 Å². The molecule has 5 aromatic carbocycles. The van der Waals surface area contributed by atoms with Gasteiger partial charge in [0.1, 0.15) is 22.0 Å². The number of anilines is 4. The van der Waals surface area contributed by atoms with Crippen molar-refractivity contribution in [1.29, 1.82) is 0 Å². The van der Waals surface area contributed by atoms with Crippen LogP contribution >= 0.6 is 23.6 Å². The number of hydrogen-bond acceptors (Lipinski definition) is 17. The van der Waals surface area contributed by atoms with Gasteiger partial charge < -0.3 is 20.5 Å². The van der Waals surface area contributed by atoms with Crippen LogP contribution in [0.15, 0.2) is 104 Å². The summed E-state index contributed by atoms with van der Waals surface area (Å²) in [4.78, 5) is 11.1. The number of fused-ring (bicyclic) bond motifs is 2. The number of aromatic hydroxyl groups is 1. The van der Waals surface area contributed by atoms with E-state index in [0.29, 0.717) is 17.7 Å². The fourth-order valence-corrected chi connectivity index (χ4v) is 6.81. The lowest BCUT2D eigenvalue weighted by atomic mass is 10.1. The minimum absolute atomic E-state index is 0.0122. The third-order valence-electron chi connectivity index (χ3n) is 7.17. The van der Waals surface area contributed by atoms with Crippen molar-refractivity contribution in [2.75, 3.05) is 17.7 Å². The van der Waals surface area contributed by atoms with Crippen LogP contribution in [-0.2, 0) is 29.6 Å². The van der Waals surface area contributed by atoms with Crippen LogP contribution in [0, 0.1) is 0 Å². The summed E-state index contributed by atoms with van der Waals surface area (Å²) < 4.78 is 78.1. The lowest BCUT2D eigenvalue weighted by Gasteiger charge is -2.15. The summed E-state index contributed by atoms with van der Waals surface area (Å²) in [7, 11) is -8.43. The van der Waals surface area contributed by atoms with Crippen molar-refractivity contribution in [3.05, 3.63) is 84.1 Å². The van der Waals surface area contributed by atoms with E-state index in [0.717, 1.165) is 29.0 Å². The van der Waals surface area contributed by atoms with E-state index in [9.17, 15) is 31.0 Å². The molecule has 0 spiro atoms. The van der Waals surface area contributed by atoms with Gasteiger partial charge in [0.25, 0.3) is 20.2 Å². The molecule has 6 aromatic rings. The molecule has 18 nitrogen and oxygen atoms in total. The zero-order chi connectivity index (χ0) is 37.2. The van der Waals surface area contributed by atoms with Crippen molar-refractivity contribution < 1.29 is 50.4 Å². The molecular weight excluding hydrogens is 766 g/mol. The molecule has 0 saturated carbocycles. The first-order valence-corrected chi connectivity index (χ1v) is 18.2. The molecule has 0 aliphatic rings. The number of halogens is 1. The number of nitrogens with zero attached hydrogens (tertiary/aromatic N) is 5. The molecule has 6 N–H and O–H groups in total. The predicted octanol–water partition coefficient (Wildman–Crippen LogP) is 7.37. The first-order valence-electron chi connectivity index (χ1n) is 14.2. The summed E-state index contributed by atoms with van der Waals surface area (Å²) in [5, 5.41) is 39.1. The highest BCUT2D eigenvalue weighted by atomic mass is 35.5. The predicted molar refractivity (Wildman–Crippen MR) is 188 cm³/mol. The van der Waals surface area contributed by atoms with E-state index in [1.807, 2.05) is 36.4 Å². The number of azo groups is 1. The molecule has 0 aliphatic heterocycles. The first kappa shape index (κ1) is 36.6. The third-order valence-corrected chi connectivity index (χ3v) is 9.67. The number of aromatic nitrogens is 3. The van der Waals surface area contributed by atoms with Crippen LogP contribution in [0.1, 0.15) is 0 Å². The smallest absolute Gasteiger partial charge is 0.296 e. The average Bonchev–Trinajstić information content (AvgIpc) is 3.09. The molecule has 0 aliphatic carbocycles. The molecule has 0 unspecified atom stereocenters. The van der Waals surface area contributed by atoms with Gasteiger partial charge in [-0.25, -0.2) is 5.26 Å². The van der Waals surface area contributed by atoms with Gasteiger partial charge in [-0.3, -0.25) is 9.11 Å². The Balaban J connectivity index is 1.50. The summed E-state index contributed by atoms with van der Waals surface area (Å²) in [6.07, 6.45) is 0. The van der Waals surface area contributed by atoms with Gasteiger partial charge >= 0.3 is 0 Å². The van der Waals surface area contributed by atoms with Crippen LogP contribution in [0.5, 0.6) is 11.5 Å². The molecule has 268 valence electrons. The van der Waals surface area contributed by atoms with Gasteiger partial charge in [0.15, 0.2) is 5.75 Å². The van der Waals surface area contributed by atoms with E-state index < -0.39 is 41.5 Å². The van der Waals surface area contributed by atoms with E-state index in [4.69, 9.17) is 21.6 Å². The second kappa shape index (κ2) is 14.8. The molecule has 0 amide bonds. The molecule has 22 heteroatoms. The molecule has 52 heavy (non-hydrogen) atoms. The molecule has 0 radical (unpaired) electrons. The van der Waals surface area contributed by atoms with Gasteiger partial charge in [-0.15, -0.1) is 14.6 Å². The average molecular weight is 788 g/mol. The van der Waals surface area contributed by atoms with Crippen LogP contribution < -0.4 is 15.4 Å². The highest BCUT2D eigenvalue weighted by Gasteiger charge is 2.23. The molecule has 1 aromatic heterocycles. The highest BCUT2D eigenvalue weighted by Crippen LogP contribution is 2.48. The van der Waals surface area contributed by atoms with Gasteiger partial charge in [-0.2, -0.15) is 31.8 Å². The van der Waals surface area contributed by atoms with Crippen LogP contribution in [0.3, 0.4) is 0 Å². The fraction of sp³-hybridized carbons (Fsp3) is 0.0333. The maximum Gasteiger partial charge on any atom is 0.296 e. The Morgan fingerprint density at radius 2 is 1.52 bits per heavy atom. The van der Waals surface area contributed by atoms with E-state index in [1.165, 1.54) is 25.3 Å². The van der Waals surface area contributed by atoms with Gasteiger partial charge in [0.05, 0.1) is 34.6 Å². The van der Waals surface area contributed by atoms with E-state index in [1.54, 1.807) is 6.07 Å². The number of phenols is 1. The third kappa shape index (κ3) is 7.97. The molecule has 0 fully saturated rings. The van der Waals surface area contributed by atoms with Gasteiger partial charge in [0, 0.05) is 22.5 Å². The van der Waals surface area contributed by atoms with Crippen molar-refractivity contribution in [2.45, 2.75) is 14.7 Å². The fourth-order valence-electron chi connectivity index (χ4n) is 4.97. The van der Waals surface area contributed by atoms with Crippen LogP contribution in [0.25, 0.3) is 21.5 Å². The van der Waals surface area contributed by atoms with Crippen molar-refractivity contribution in [3.63, 3.8) is 0 Å². The molecule has 6 rings (SSSR count). The summed E-state index contributed by atoms with van der Waals surface area (Å²) in [6, 6.07) is 19.7. The van der Waals surface area contributed by atoms with Gasteiger partial charge in [-0.1, -0.05) is 41.4 Å². The second-order valence-electron chi connectivity index (χ2n) is 10.4. The molecule has 0 saturated heterocycles. The quantitative estimate of drug-likeness (QED) is 0.0232. The van der Waals surface area contributed by atoms with Gasteiger partial charge in [-0.05, 0) is 58.8 Å². The SMILES string of the molecule is COc1ccc(N=Nc2c(SOOO)cc3cc(S(=O)(=O)O)cc(Nc4nc(Cl)nc(Nc5cccc6ccccc56)n4)c3c2O)c(S(=O)(=O)O)c1. The Labute approximate surface area is 302 Å². The molecule has 1 heterocycles. The number of benzene rings is 5. The summed E-state index contributed by atoms with van der Waals surface area (Å²) in [6.45, 7) is 0. The van der Waals surface area contributed by atoms with Crippen molar-refractivity contribution in [3.8, 4) is 11.5 Å². The molecule has 0 atom stereocenters. The van der Waals surface area contributed by atoms with Gasteiger partial charge in [0.2, 0.25) is 17.2 Å². The highest BCUT2D eigenvalue weighted by molar-refractivity contribution is 7.94. The largest absolute Gasteiger partial charge is 0.505 e. The number of phenolic OH excluding ortho intramolecular Hbond substituents is 1. The Morgan fingerprint density at radius 1 is 0.808 bits per heavy atom. The number of ether oxygens (including phenoxy) is 1. The molecule has 0 bridgehead atoms. The minimum Gasteiger partial charge on any atom is -0.505 e. The van der Waals surface area contributed by atoms with Crippen LogP contribution in [0.4, 0.5) is 34.6 Å². The lowest BCUT2D eigenvalue weighted by Crippen LogP contribution is -2.06. The first-order chi connectivity index (χ1) is 24.7. The number of rotatable bonds is 12. The minimum atomic E-state index is -4.86. The Kier molecular flexibility index (Phi) is 10.4. The van der Waals surface area contributed by atoms with Crippen LogP contribution in [-0.4, -0.2) is 58.4 Å². The maximum atomic E-state index is 12.3. The van der Waals surface area contributed by atoms with E-state index >= 15 is 0 Å². The number of hydrogen-bond donors (Lipinski definition) is 6. The van der Waals surface area contributed by atoms with Crippen LogP contribution in [0.2, 0.25) is 5.28 Å². The second-order valence-corrected chi connectivity index (χ2v) is 14.3. The van der Waals surface area contributed by atoms with E-state index in [-0.39, 0.29) is 50.0 Å². The number of methoxy groups -OCH3 is 1. The molecular formula is C30H22ClN7O11S3. The van der Waals surface area contributed by atoms with Crippen molar-refractivity contribution >= 4 is 100 Å². The monoisotopic (exact) mass is 787 g/mol. The van der Waals surface area contributed by atoms with E-state index in [2.05, 4.69) is 45.2 Å². The summed E-state index contributed by atoms with van der Waals surface area (Å²) in [5.74, 6) is -0.873.